The van der Waals surface area contributed by atoms with Crippen molar-refractivity contribution in [1.29, 1.82) is 0 Å². The number of hydrogen-bond acceptors (Lipinski definition) is 1. The van der Waals surface area contributed by atoms with Crippen LogP contribution in [0.15, 0.2) is 182 Å². The lowest BCUT2D eigenvalue weighted by Gasteiger charge is -2.25. The third-order valence-electron chi connectivity index (χ3n) is 6.44. The second-order valence-electron chi connectivity index (χ2n) is 9.01. The molecule has 0 aromatic heterocycles. The first-order valence-corrected chi connectivity index (χ1v) is 13.0. The third kappa shape index (κ3) is 6.29. The van der Waals surface area contributed by atoms with Crippen molar-refractivity contribution in [1.82, 2.24) is 0 Å². The minimum Gasteiger partial charge on any atom is -0.311 e. The Morgan fingerprint density at radius 1 is 0.263 bits per heavy atom. The van der Waals surface area contributed by atoms with Crippen LogP contribution in [0, 0.1) is 0 Å². The summed E-state index contributed by atoms with van der Waals surface area (Å²) in [4.78, 5) is 2.25. The number of anilines is 3. The van der Waals surface area contributed by atoms with Crippen molar-refractivity contribution >= 4 is 40.2 Å². The Hall–Kier alpha value is -4.82. The second-order valence-corrected chi connectivity index (χ2v) is 9.01. The molecule has 0 bridgehead atoms. The molecule has 2 heteroatoms. The average molecular weight is 487 g/mol. The summed E-state index contributed by atoms with van der Waals surface area (Å²) in [5.74, 6) is 0. The molecule has 6 aromatic rings. The Morgan fingerprint density at radius 2 is 0.474 bits per heavy atom. The molecule has 0 spiro atoms. The van der Waals surface area contributed by atoms with Gasteiger partial charge in [0.25, 0.3) is 0 Å². The molecular formula is C36H30BN. The number of benzene rings is 6. The molecule has 0 amide bonds. The number of nitrogens with zero attached hydrogens (tertiary/aromatic N) is 1. The summed E-state index contributed by atoms with van der Waals surface area (Å²) in [5.41, 5.74) is 7.50. The van der Waals surface area contributed by atoms with Crippen LogP contribution in [-0.2, 0) is 0 Å². The standard InChI is InChI=1S/C18H15B.C18H15N/c2*1-4-10-16(11-5-1)19(17-12-6-2-7-13-17)18-14-8-3-9-15-18/h2*1-15H. The monoisotopic (exact) mass is 487 g/mol. The van der Waals surface area contributed by atoms with Crippen LogP contribution in [0.1, 0.15) is 0 Å². The fourth-order valence-electron chi connectivity index (χ4n) is 4.69. The largest absolute Gasteiger partial charge is 0.311 e. The minimum atomic E-state index is 0.309. The highest BCUT2D eigenvalue weighted by molar-refractivity contribution is 6.95. The highest BCUT2D eigenvalue weighted by Gasteiger charge is 2.20. The molecule has 0 fully saturated rings. The van der Waals surface area contributed by atoms with E-state index < -0.39 is 0 Å². The summed E-state index contributed by atoms with van der Waals surface area (Å²) in [5, 5.41) is 0. The van der Waals surface area contributed by atoms with Crippen molar-refractivity contribution in [2.45, 2.75) is 0 Å². The molecule has 0 aliphatic heterocycles. The van der Waals surface area contributed by atoms with Crippen molar-refractivity contribution < 1.29 is 0 Å². The lowest BCUT2D eigenvalue weighted by Crippen LogP contribution is -2.51. The molecule has 0 aliphatic rings. The number of para-hydroxylation sites is 3. The van der Waals surface area contributed by atoms with Gasteiger partial charge in [-0.05, 0) is 36.4 Å². The molecule has 0 aliphatic carbocycles. The van der Waals surface area contributed by atoms with Gasteiger partial charge in [0, 0.05) is 17.1 Å². The Balaban J connectivity index is 0.000000155. The molecule has 182 valence electrons. The molecule has 0 N–H and O–H groups in total. The first-order chi connectivity index (χ1) is 18.9. The van der Waals surface area contributed by atoms with Crippen LogP contribution in [-0.4, -0.2) is 6.71 Å². The highest BCUT2D eigenvalue weighted by atomic mass is 15.1. The molecule has 0 atom stereocenters. The van der Waals surface area contributed by atoms with Crippen LogP contribution < -0.4 is 21.3 Å². The Kier molecular flexibility index (Phi) is 8.46. The van der Waals surface area contributed by atoms with Crippen LogP contribution in [0.4, 0.5) is 17.1 Å². The van der Waals surface area contributed by atoms with E-state index in [4.69, 9.17) is 0 Å². The summed E-state index contributed by atoms with van der Waals surface area (Å²) in [6.07, 6.45) is 0. The van der Waals surface area contributed by atoms with Crippen LogP contribution in [0.5, 0.6) is 0 Å². The quantitative estimate of drug-likeness (QED) is 0.222. The van der Waals surface area contributed by atoms with Gasteiger partial charge in [-0.25, -0.2) is 0 Å². The topological polar surface area (TPSA) is 3.24 Å². The number of rotatable bonds is 6. The van der Waals surface area contributed by atoms with E-state index in [0.717, 1.165) is 0 Å². The van der Waals surface area contributed by atoms with Gasteiger partial charge in [-0.15, -0.1) is 0 Å². The zero-order valence-corrected chi connectivity index (χ0v) is 21.3. The fourth-order valence-corrected chi connectivity index (χ4v) is 4.69. The summed E-state index contributed by atoms with van der Waals surface area (Å²) in [7, 11) is 0. The van der Waals surface area contributed by atoms with E-state index in [1.807, 2.05) is 18.2 Å². The zero-order chi connectivity index (χ0) is 25.8. The minimum absolute atomic E-state index is 0.309. The Bertz CT molecular complexity index is 1170. The lowest BCUT2D eigenvalue weighted by molar-refractivity contribution is 1.28. The fraction of sp³-hybridized carbons (Fsp3) is 0. The maximum absolute atomic E-state index is 2.25. The van der Waals surface area contributed by atoms with Gasteiger partial charge in [-0.3, -0.25) is 0 Å². The van der Waals surface area contributed by atoms with Gasteiger partial charge in [0.05, 0.1) is 0 Å². The van der Waals surface area contributed by atoms with Gasteiger partial charge >= 0.3 is 0 Å². The Labute approximate surface area is 226 Å². The van der Waals surface area contributed by atoms with Crippen molar-refractivity contribution in [3.63, 3.8) is 0 Å². The number of hydrogen-bond donors (Lipinski definition) is 0. The van der Waals surface area contributed by atoms with Gasteiger partial charge < -0.3 is 4.90 Å². The van der Waals surface area contributed by atoms with Crippen molar-refractivity contribution in [2.24, 2.45) is 0 Å². The molecular weight excluding hydrogens is 457 g/mol. The SMILES string of the molecule is c1ccc(B(c2ccccc2)c2ccccc2)cc1.c1ccc(N(c2ccccc2)c2ccccc2)cc1. The van der Waals surface area contributed by atoms with Gasteiger partial charge in [0.1, 0.15) is 0 Å². The first kappa shape index (κ1) is 24.9. The van der Waals surface area contributed by atoms with E-state index in [-0.39, 0.29) is 0 Å². The van der Waals surface area contributed by atoms with Crippen LogP contribution in [0.25, 0.3) is 0 Å². The second kappa shape index (κ2) is 12.9. The van der Waals surface area contributed by atoms with E-state index in [2.05, 4.69) is 169 Å². The molecule has 0 radical (unpaired) electrons. The predicted molar refractivity (Wildman–Crippen MR) is 165 cm³/mol. The molecule has 6 rings (SSSR count). The van der Waals surface area contributed by atoms with Crippen molar-refractivity contribution in [3.8, 4) is 0 Å². The van der Waals surface area contributed by atoms with Crippen LogP contribution in [0.3, 0.4) is 0 Å². The molecule has 38 heavy (non-hydrogen) atoms. The average Bonchev–Trinajstić information content (AvgIpc) is 3.01. The first-order valence-electron chi connectivity index (χ1n) is 13.0. The summed E-state index contributed by atoms with van der Waals surface area (Å²) < 4.78 is 0. The molecule has 0 unspecified atom stereocenters. The third-order valence-corrected chi connectivity index (χ3v) is 6.44. The van der Waals surface area contributed by atoms with E-state index in [0.29, 0.717) is 6.71 Å². The highest BCUT2D eigenvalue weighted by Crippen LogP contribution is 2.33. The molecule has 0 saturated heterocycles. The van der Waals surface area contributed by atoms with Crippen LogP contribution in [0.2, 0.25) is 0 Å². The van der Waals surface area contributed by atoms with Gasteiger partial charge in [0.2, 0.25) is 6.71 Å². The van der Waals surface area contributed by atoms with Gasteiger partial charge in [-0.1, -0.05) is 162 Å². The normalized spacial score (nSPS) is 10.1. The maximum Gasteiger partial charge on any atom is 0.241 e. The lowest BCUT2D eigenvalue weighted by atomic mass is 9.37. The molecule has 0 heterocycles. The van der Waals surface area contributed by atoms with Gasteiger partial charge in [0.15, 0.2) is 0 Å². The Morgan fingerprint density at radius 3 is 0.711 bits per heavy atom. The summed E-state index contributed by atoms with van der Waals surface area (Å²) in [6, 6.07) is 63.3. The predicted octanol–water partition coefficient (Wildman–Crippen LogP) is 7.36. The van der Waals surface area contributed by atoms with Crippen LogP contribution >= 0.6 is 0 Å². The molecule has 1 nitrogen and oxygen atoms in total. The van der Waals surface area contributed by atoms with E-state index in [9.17, 15) is 0 Å². The molecule has 6 aromatic carbocycles. The van der Waals surface area contributed by atoms with Crippen molar-refractivity contribution in [2.75, 3.05) is 4.90 Å². The zero-order valence-electron chi connectivity index (χ0n) is 21.3. The van der Waals surface area contributed by atoms with Gasteiger partial charge in [-0.2, -0.15) is 0 Å². The van der Waals surface area contributed by atoms with E-state index in [1.54, 1.807) is 0 Å². The summed E-state index contributed by atoms with van der Waals surface area (Å²) in [6.45, 7) is 0.309. The summed E-state index contributed by atoms with van der Waals surface area (Å²) >= 11 is 0. The van der Waals surface area contributed by atoms with Crippen molar-refractivity contribution in [3.05, 3.63) is 182 Å². The van der Waals surface area contributed by atoms with E-state index >= 15 is 0 Å². The maximum atomic E-state index is 2.25. The van der Waals surface area contributed by atoms with E-state index in [1.165, 1.54) is 33.5 Å². The smallest absolute Gasteiger partial charge is 0.241 e. The molecule has 0 saturated carbocycles.